The number of aromatic hydroxyl groups is 1. The van der Waals surface area contributed by atoms with Crippen LogP contribution < -0.4 is 4.74 Å². The second-order valence-corrected chi connectivity index (χ2v) is 9.19. The molecule has 3 fully saturated rings. The van der Waals surface area contributed by atoms with E-state index in [9.17, 15) is 5.11 Å². The van der Waals surface area contributed by atoms with Crippen molar-refractivity contribution in [2.45, 2.75) is 38.1 Å². The molecule has 2 aliphatic heterocycles. The van der Waals surface area contributed by atoms with Gasteiger partial charge in [-0.2, -0.15) is 5.10 Å². The summed E-state index contributed by atoms with van der Waals surface area (Å²) in [4.78, 5) is 2.10. The number of nitrogens with one attached hydrogen (secondary N) is 1. The molecule has 6 rings (SSSR count). The van der Waals surface area contributed by atoms with Crippen molar-refractivity contribution in [3.8, 4) is 32.6 Å². The Labute approximate surface area is 171 Å². The lowest BCUT2D eigenvalue weighted by molar-refractivity contribution is -0.136. The van der Waals surface area contributed by atoms with Crippen LogP contribution in [-0.2, 0) is 0 Å². The second-order valence-electron chi connectivity index (χ2n) is 8.25. The van der Waals surface area contributed by atoms with Gasteiger partial charge in [0.05, 0.1) is 11.8 Å². The lowest BCUT2D eigenvalue weighted by atomic mass is 9.66. The maximum Gasteiger partial charge on any atom is 0.294 e. The monoisotopic (exact) mass is 415 g/mol. The van der Waals surface area contributed by atoms with E-state index in [1.807, 2.05) is 13.1 Å². The molecule has 1 saturated carbocycles. The number of halogens is 1. The normalized spacial score (nSPS) is 29.3. The third kappa shape index (κ3) is 3.08. The minimum atomic E-state index is -1.05. The molecule has 3 aliphatic rings. The van der Waals surface area contributed by atoms with Gasteiger partial charge in [0.25, 0.3) is 5.19 Å². The largest absolute Gasteiger partial charge is 0.507 e. The molecule has 2 unspecified atom stereocenters. The van der Waals surface area contributed by atoms with Crippen molar-refractivity contribution in [1.29, 1.82) is 0 Å². The number of phenolic OH excluding ortho intramolecular Hbond substituents is 1. The van der Waals surface area contributed by atoms with Gasteiger partial charge in [-0.3, -0.25) is 10.00 Å². The van der Waals surface area contributed by atoms with Crippen molar-refractivity contribution in [2.75, 3.05) is 13.6 Å². The summed E-state index contributed by atoms with van der Waals surface area (Å²) in [5, 5.41) is 26.3. The quantitative estimate of drug-likeness (QED) is 0.678. The third-order valence-corrected chi connectivity index (χ3v) is 7.07. The van der Waals surface area contributed by atoms with Crippen molar-refractivity contribution in [3.63, 3.8) is 0 Å². The van der Waals surface area contributed by atoms with Crippen LogP contribution in [0.1, 0.15) is 19.8 Å². The number of benzene rings is 1. The second kappa shape index (κ2) is 6.77. The van der Waals surface area contributed by atoms with Gasteiger partial charge in [-0.15, -0.1) is 5.10 Å². The molecule has 2 aromatic heterocycles. The molecule has 0 spiro atoms. The van der Waals surface area contributed by atoms with Crippen LogP contribution in [0.2, 0.25) is 0 Å². The SMILES string of the molecule is CN1C[C@@]2(C)CCC1C(F)[C@@H]2Oc1nnc(-c2ccc(-c3cn[nH]c3)cc2O)s1. The van der Waals surface area contributed by atoms with Gasteiger partial charge in [-0.25, -0.2) is 4.39 Å². The Morgan fingerprint density at radius 1 is 1.34 bits per heavy atom. The molecule has 152 valence electrons. The summed E-state index contributed by atoms with van der Waals surface area (Å²) >= 11 is 1.22. The van der Waals surface area contributed by atoms with Crippen molar-refractivity contribution in [2.24, 2.45) is 5.41 Å². The fourth-order valence-corrected chi connectivity index (χ4v) is 5.43. The number of H-pyrrole nitrogens is 1. The number of phenols is 1. The first-order chi connectivity index (χ1) is 13.9. The zero-order valence-electron chi connectivity index (χ0n) is 16.2. The molecule has 2 saturated heterocycles. The average molecular weight is 415 g/mol. The van der Waals surface area contributed by atoms with E-state index in [1.165, 1.54) is 11.3 Å². The fraction of sp³-hybridized carbons (Fsp3) is 0.450. The molecular weight excluding hydrogens is 393 g/mol. The van der Waals surface area contributed by atoms with Gasteiger partial charge in [0.2, 0.25) is 0 Å². The predicted molar refractivity (Wildman–Crippen MR) is 108 cm³/mol. The molecule has 9 heteroatoms. The lowest BCUT2D eigenvalue weighted by Crippen LogP contribution is -2.66. The number of aromatic amines is 1. The highest BCUT2D eigenvalue weighted by molar-refractivity contribution is 7.16. The fourth-order valence-electron chi connectivity index (χ4n) is 4.67. The van der Waals surface area contributed by atoms with E-state index in [0.717, 1.165) is 30.5 Å². The van der Waals surface area contributed by atoms with Crippen LogP contribution in [0.5, 0.6) is 10.9 Å². The van der Waals surface area contributed by atoms with Crippen molar-refractivity contribution >= 4 is 11.3 Å². The molecule has 3 aromatic rings. The molecule has 1 aromatic carbocycles. The molecule has 7 nitrogen and oxygen atoms in total. The Bertz CT molecular complexity index is 1030. The highest BCUT2D eigenvalue weighted by atomic mass is 32.1. The topological polar surface area (TPSA) is 87.2 Å². The zero-order chi connectivity index (χ0) is 20.2. The predicted octanol–water partition coefficient (Wildman–Crippen LogP) is 3.50. The summed E-state index contributed by atoms with van der Waals surface area (Å²) in [6.07, 6.45) is 3.66. The van der Waals surface area contributed by atoms with Gasteiger partial charge in [0.15, 0.2) is 11.2 Å². The maximum absolute atomic E-state index is 15.0. The lowest BCUT2D eigenvalue weighted by Gasteiger charge is -2.55. The number of aromatic nitrogens is 4. The minimum Gasteiger partial charge on any atom is -0.507 e. The first kappa shape index (κ1) is 18.5. The average Bonchev–Trinajstić information content (AvgIpc) is 3.37. The smallest absolute Gasteiger partial charge is 0.294 e. The van der Waals surface area contributed by atoms with Crippen LogP contribution in [-0.4, -0.2) is 62.3 Å². The number of hydrogen-bond acceptors (Lipinski definition) is 7. The van der Waals surface area contributed by atoms with Gasteiger partial charge < -0.3 is 9.84 Å². The van der Waals surface area contributed by atoms with E-state index in [4.69, 9.17) is 4.74 Å². The first-order valence-electron chi connectivity index (χ1n) is 9.62. The van der Waals surface area contributed by atoms with Crippen molar-refractivity contribution in [1.82, 2.24) is 25.3 Å². The Hall–Kier alpha value is -2.52. The van der Waals surface area contributed by atoms with Gasteiger partial charge in [0, 0.05) is 29.8 Å². The zero-order valence-corrected chi connectivity index (χ0v) is 17.0. The van der Waals surface area contributed by atoms with E-state index in [1.54, 1.807) is 24.5 Å². The summed E-state index contributed by atoms with van der Waals surface area (Å²) in [5.41, 5.74) is 2.05. The van der Waals surface area contributed by atoms with Crippen LogP contribution >= 0.6 is 11.3 Å². The Morgan fingerprint density at radius 2 is 2.21 bits per heavy atom. The van der Waals surface area contributed by atoms with Crippen LogP contribution in [0, 0.1) is 5.41 Å². The number of nitrogens with zero attached hydrogens (tertiary/aromatic N) is 4. The van der Waals surface area contributed by atoms with Crippen molar-refractivity contribution in [3.05, 3.63) is 30.6 Å². The van der Waals surface area contributed by atoms with Gasteiger partial charge in [-0.1, -0.05) is 29.4 Å². The number of ether oxygens (including phenoxy) is 1. The minimum absolute atomic E-state index is 0.0973. The summed E-state index contributed by atoms with van der Waals surface area (Å²) in [6, 6.07) is 5.24. The van der Waals surface area contributed by atoms with Crippen molar-refractivity contribution < 1.29 is 14.2 Å². The number of alkyl halides is 1. The molecule has 0 radical (unpaired) electrons. The Balaban J connectivity index is 1.38. The highest BCUT2D eigenvalue weighted by Gasteiger charge is 2.55. The number of hydrogen-bond donors (Lipinski definition) is 2. The molecular formula is C20H22FN5O2S. The third-order valence-electron chi connectivity index (χ3n) is 6.23. The van der Waals surface area contributed by atoms with Gasteiger partial charge >= 0.3 is 0 Å². The molecule has 1 aliphatic carbocycles. The van der Waals surface area contributed by atoms with Gasteiger partial charge in [-0.05, 0) is 37.6 Å². The molecule has 4 heterocycles. The Morgan fingerprint density at radius 3 is 2.90 bits per heavy atom. The molecule has 2 N–H and O–H groups in total. The summed E-state index contributed by atoms with van der Waals surface area (Å²) < 4.78 is 21.1. The highest BCUT2D eigenvalue weighted by Crippen LogP contribution is 2.47. The number of piperidine rings is 2. The van der Waals surface area contributed by atoms with Gasteiger partial charge in [0.1, 0.15) is 11.9 Å². The van der Waals surface area contributed by atoms with E-state index in [0.29, 0.717) is 15.8 Å². The first-order valence-corrected chi connectivity index (χ1v) is 10.4. The summed E-state index contributed by atoms with van der Waals surface area (Å²) in [7, 11) is 1.98. The van der Waals surface area contributed by atoms with E-state index < -0.39 is 12.3 Å². The van der Waals surface area contributed by atoms with Crippen LogP contribution in [0.3, 0.4) is 0 Å². The number of rotatable bonds is 4. The molecule has 2 bridgehead atoms. The van der Waals surface area contributed by atoms with Crippen LogP contribution in [0.4, 0.5) is 4.39 Å². The van der Waals surface area contributed by atoms with Crippen LogP contribution in [0.15, 0.2) is 30.6 Å². The van der Waals surface area contributed by atoms with Crippen LogP contribution in [0.25, 0.3) is 21.7 Å². The van der Waals surface area contributed by atoms with E-state index in [2.05, 4.69) is 32.2 Å². The van der Waals surface area contributed by atoms with E-state index >= 15 is 4.39 Å². The molecule has 0 amide bonds. The number of fused-ring (bicyclic) bond motifs is 3. The van der Waals surface area contributed by atoms with E-state index in [-0.39, 0.29) is 17.2 Å². The molecule has 29 heavy (non-hydrogen) atoms. The maximum atomic E-state index is 15.0. The Kier molecular flexibility index (Phi) is 4.32. The molecule has 4 atom stereocenters. The summed E-state index contributed by atoms with van der Waals surface area (Å²) in [6.45, 7) is 2.89. The standard InChI is InChI=1S/C20H22FN5O2S/c1-20-6-5-14(26(2)10-20)16(21)17(20)28-19-25-24-18(29-19)13-4-3-11(7-15(13)27)12-8-22-23-9-12/h3-4,7-9,14,16-17,27H,5-6,10H2,1-2H3,(H,22,23)/t14?,16?,17-,20+/m0/s1. The summed E-state index contributed by atoms with van der Waals surface area (Å²) in [5.74, 6) is 0.0973.